The highest BCUT2D eigenvalue weighted by Gasteiger charge is 2.30. The van der Waals surface area contributed by atoms with Gasteiger partial charge in [0.15, 0.2) is 11.0 Å². The van der Waals surface area contributed by atoms with Crippen LogP contribution in [0.2, 0.25) is 5.15 Å². The van der Waals surface area contributed by atoms with E-state index in [1.807, 2.05) is 6.07 Å². The second-order valence-electron chi connectivity index (χ2n) is 10.5. The quantitative estimate of drug-likeness (QED) is 0.349. The second-order valence-corrected chi connectivity index (χ2v) is 13.9. The number of hydrogen-bond donors (Lipinski definition) is 2. The summed E-state index contributed by atoms with van der Waals surface area (Å²) in [5.74, 6) is 0.273. The van der Waals surface area contributed by atoms with Crippen LogP contribution in [0.1, 0.15) is 50.9 Å². The van der Waals surface area contributed by atoms with Crippen LogP contribution in [-0.2, 0) is 27.7 Å². The van der Waals surface area contributed by atoms with E-state index in [0.29, 0.717) is 22.2 Å². The van der Waals surface area contributed by atoms with E-state index >= 15 is 0 Å². The number of thioether (sulfide) groups is 1. The largest absolute Gasteiger partial charge is 0.325 e. The molecule has 12 heteroatoms. The van der Waals surface area contributed by atoms with Crippen molar-refractivity contribution in [2.24, 2.45) is 11.3 Å². The van der Waals surface area contributed by atoms with Gasteiger partial charge in [-0.15, -0.1) is 10.2 Å². The number of benzene rings is 1. The number of amides is 1. The Labute approximate surface area is 237 Å². The molecule has 4 rings (SSSR count). The van der Waals surface area contributed by atoms with Gasteiger partial charge in [0.1, 0.15) is 11.1 Å². The van der Waals surface area contributed by atoms with Crippen molar-refractivity contribution in [2.75, 3.05) is 10.0 Å². The molecule has 2 aromatic heterocycles. The summed E-state index contributed by atoms with van der Waals surface area (Å²) in [4.78, 5) is 17.7. The minimum atomic E-state index is -3.91. The minimum absolute atomic E-state index is 0.00899. The third-order valence-electron chi connectivity index (χ3n) is 6.66. The molecule has 1 aromatic carbocycles. The number of halogens is 1. The first-order chi connectivity index (χ1) is 18.4. The van der Waals surface area contributed by atoms with Gasteiger partial charge in [-0.25, -0.2) is 13.4 Å². The van der Waals surface area contributed by atoms with Crippen molar-refractivity contribution < 1.29 is 13.2 Å². The Bertz CT molecular complexity index is 1520. The number of nitriles is 1. The topological polar surface area (TPSA) is 138 Å². The number of fused-ring (bicyclic) bond motifs is 1. The van der Waals surface area contributed by atoms with Gasteiger partial charge in [-0.3, -0.25) is 9.52 Å². The van der Waals surface area contributed by atoms with E-state index in [1.54, 1.807) is 6.92 Å². The van der Waals surface area contributed by atoms with Crippen LogP contribution in [-0.4, -0.2) is 34.8 Å². The van der Waals surface area contributed by atoms with E-state index in [1.165, 1.54) is 48.2 Å². The van der Waals surface area contributed by atoms with Gasteiger partial charge in [0.2, 0.25) is 5.91 Å². The molecule has 2 heterocycles. The summed E-state index contributed by atoms with van der Waals surface area (Å²) in [5, 5.41) is 20.0. The number of aromatic nitrogens is 3. The number of pyridine rings is 1. The van der Waals surface area contributed by atoms with E-state index in [2.05, 4.69) is 47.1 Å². The van der Waals surface area contributed by atoms with Crippen molar-refractivity contribution in [2.45, 2.75) is 62.1 Å². The molecular formula is C27H29ClN6O3S2. The van der Waals surface area contributed by atoms with Gasteiger partial charge in [-0.2, -0.15) is 5.26 Å². The number of aryl methyl sites for hydroxylation is 1. The fourth-order valence-corrected chi connectivity index (χ4v) is 6.30. The molecule has 0 fully saturated rings. The number of rotatable bonds is 7. The van der Waals surface area contributed by atoms with Crippen LogP contribution >= 0.6 is 23.4 Å². The number of nitrogens with zero attached hydrogens (tertiary/aromatic N) is 4. The van der Waals surface area contributed by atoms with E-state index in [0.717, 1.165) is 30.5 Å². The van der Waals surface area contributed by atoms with Crippen molar-refractivity contribution in [3.63, 3.8) is 0 Å². The summed E-state index contributed by atoms with van der Waals surface area (Å²) in [6.07, 6.45) is 2.80. The average molecular weight is 585 g/mol. The molecule has 9 nitrogen and oxygen atoms in total. The molecule has 0 saturated heterocycles. The van der Waals surface area contributed by atoms with Crippen molar-refractivity contribution >= 4 is 50.8 Å². The number of carbonyl (C=O) groups excluding carboxylic acids is 1. The van der Waals surface area contributed by atoms with Crippen LogP contribution in [0.4, 0.5) is 11.5 Å². The van der Waals surface area contributed by atoms with Gasteiger partial charge in [-0.1, -0.05) is 44.1 Å². The van der Waals surface area contributed by atoms with Crippen LogP contribution in [0.15, 0.2) is 52.4 Å². The Hall–Kier alpha value is -3.20. The molecule has 2 N–H and O–H groups in total. The SMILES string of the molecule is CC(Sc1nc2c(cc1C#N)CC(C(C)(C)C)CC2)C(=O)Nc1ccc(S(=O)(=O)Nc2ccc(Cl)nn2)cc1. The zero-order chi connectivity index (χ0) is 28.4. The molecule has 1 aliphatic carbocycles. The van der Waals surface area contributed by atoms with Crippen LogP contribution in [0.25, 0.3) is 0 Å². The lowest BCUT2D eigenvalue weighted by atomic mass is 9.71. The number of hydrogen-bond acceptors (Lipinski definition) is 8. The molecule has 1 amide bonds. The predicted octanol–water partition coefficient (Wildman–Crippen LogP) is 5.47. The molecular weight excluding hydrogens is 556 g/mol. The maximum Gasteiger partial charge on any atom is 0.263 e. The third kappa shape index (κ3) is 7.06. The summed E-state index contributed by atoms with van der Waals surface area (Å²) in [5.41, 5.74) is 3.21. The van der Waals surface area contributed by atoms with E-state index < -0.39 is 15.3 Å². The standard InChI is InChI=1S/C27H29ClN6O3S2/c1-16(38-26-18(15-29)13-17-14-19(27(2,3)4)5-10-22(17)31-26)25(35)30-20-6-8-21(9-7-20)39(36,37)34-24-12-11-23(28)32-33-24/h6-9,11-13,16,19H,5,10,14H2,1-4H3,(H,30,35)(H,33,34). The Morgan fingerprint density at radius 3 is 2.51 bits per heavy atom. The molecule has 1 aliphatic rings. The molecule has 2 unspecified atom stereocenters. The number of carbonyl (C=O) groups is 1. The molecule has 0 bridgehead atoms. The monoisotopic (exact) mass is 584 g/mol. The van der Waals surface area contributed by atoms with E-state index in [9.17, 15) is 18.5 Å². The minimum Gasteiger partial charge on any atom is -0.325 e. The van der Waals surface area contributed by atoms with Gasteiger partial charge in [-0.05, 0) is 85.5 Å². The summed E-state index contributed by atoms with van der Waals surface area (Å²) in [6.45, 7) is 8.47. The number of sulfonamides is 1. The van der Waals surface area contributed by atoms with E-state index in [-0.39, 0.29) is 27.2 Å². The lowest BCUT2D eigenvalue weighted by Gasteiger charge is -2.34. The van der Waals surface area contributed by atoms with Gasteiger partial charge < -0.3 is 5.32 Å². The first kappa shape index (κ1) is 28.8. The fraction of sp³-hybridized carbons (Fsp3) is 0.370. The molecule has 0 saturated carbocycles. The van der Waals surface area contributed by atoms with Gasteiger partial charge in [0.05, 0.1) is 15.7 Å². The lowest BCUT2D eigenvalue weighted by molar-refractivity contribution is -0.115. The Kier molecular flexibility index (Phi) is 8.49. The number of anilines is 2. The van der Waals surface area contributed by atoms with Gasteiger partial charge in [0.25, 0.3) is 10.0 Å². The lowest BCUT2D eigenvalue weighted by Crippen LogP contribution is -2.27. The molecule has 0 aliphatic heterocycles. The van der Waals surface area contributed by atoms with Crippen LogP contribution in [0.5, 0.6) is 0 Å². The molecule has 2 atom stereocenters. The zero-order valence-electron chi connectivity index (χ0n) is 22.0. The van der Waals surface area contributed by atoms with Crippen molar-refractivity contribution in [3.05, 3.63) is 64.4 Å². The molecule has 39 heavy (non-hydrogen) atoms. The highest BCUT2D eigenvalue weighted by Crippen LogP contribution is 2.38. The maximum atomic E-state index is 12.9. The zero-order valence-corrected chi connectivity index (χ0v) is 24.4. The summed E-state index contributed by atoms with van der Waals surface area (Å²) >= 11 is 6.92. The molecule has 0 radical (unpaired) electrons. The van der Waals surface area contributed by atoms with Crippen LogP contribution in [0, 0.1) is 22.7 Å². The van der Waals surface area contributed by atoms with Crippen LogP contribution < -0.4 is 10.0 Å². The normalized spacial score (nSPS) is 16.1. The Morgan fingerprint density at radius 2 is 1.90 bits per heavy atom. The fourth-order valence-electron chi connectivity index (χ4n) is 4.30. The maximum absolute atomic E-state index is 12.9. The average Bonchev–Trinajstić information content (AvgIpc) is 2.89. The number of nitrogens with one attached hydrogen (secondary N) is 2. The molecule has 204 valence electrons. The first-order valence-electron chi connectivity index (χ1n) is 12.4. The highest BCUT2D eigenvalue weighted by atomic mass is 35.5. The van der Waals surface area contributed by atoms with Crippen molar-refractivity contribution in [1.82, 2.24) is 15.2 Å². The molecule has 0 spiro atoms. The van der Waals surface area contributed by atoms with Crippen molar-refractivity contribution in [1.29, 1.82) is 5.26 Å². The summed E-state index contributed by atoms with van der Waals surface area (Å²) < 4.78 is 27.6. The van der Waals surface area contributed by atoms with Crippen molar-refractivity contribution in [3.8, 4) is 6.07 Å². The third-order valence-corrected chi connectivity index (χ3v) is 9.33. The second kappa shape index (κ2) is 11.5. The van der Waals surface area contributed by atoms with Gasteiger partial charge in [0, 0.05) is 11.4 Å². The highest BCUT2D eigenvalue weighted by molar-refractivity contribution is 8.00. The Morgan fingerprint density at radius 1 is 1.18 bits per heavy atom. The first-order valence-corrected chi connectivity index (χ1v) is 15.1. The Balaban J connectivity index is 1.41. The predicted molar refractivity (Wildman–Crippen MR) is 152 cm³/mol. The van der Waals surface area contributed by atoms with Gasteiger partial charge >= 0.3 is 0 Å². The summed E-state index contributed by atoms with van der Waals surface area (Å²) in [7, 11) is -3.91. The van der Waals surface area contributed by atoms with E-state index in [4.69, 9.17) is 16.6 Å². The smallest absolute Gasteiger partial charge is 0.263 e. The summed E-state index contributed by atoms with van der Waals surface area (Å²) in [6, 6.07) is 12.7. The molecule has 3 aromatic rings. The van der Waals surface area contributed by atoms with Crippen LogP contribution in [0.3, 0.4) is 0 Å².